The van der Waals surface area contributed by atoms with E-state index in [1.807, 2.05) is 0 Å². The Kier molecular flexibility index (Phi) is 5.63. The topological polar surface area (TPSA) is 129 Å². The van der Waals surface area contributed by atoms with Crippen molar-refractivity contribution >= 4 is 23.3 Å². The molecule has 3 rings (SSSR count). The van der Waals surface area contributed by atoms with Gasteiger partial charge in [-0.15, -0.1) is 0 Å². The molecule has 0 bridgehead atoms. The molecular formula is C19H17N5O5. The smallest absolute Gasteiger partial charge is 0.338 e. The van der Waals surface area contributed by atoms with Gasteiger partial charge in [-0.2, -0.15) is 5.10 Å². The van der Waals surface area contributed by atoms with Gasteiger partial charge in [-0.3, -0.25) is 14.9 Å². The van der Waals surface area contributed by atoms with Gasteiger partial charge in [0.15, 0.2) is 6.61 Å². The summed E-state index contributed by atoms with van der Waals surface area (Å²) in [4.78, 5) is 38.7. The molecule has 0 saturated carbocycles. The second-order valence-electron chi connectivity index (χ2n) is 6.22. The summed E-state index contributed by atoms with van der Waals surface area (Å²) in [6.07, 6.45) is 2.91. The lowest BCUT2D eigenvalue weighted by atomic mass is 10.1. The number of benzene rings is 2. The molecule has 10 heteroatoms. The molecule has 1 aromatic heterocycles. The van der Waals surface area contributed by atoms with E-state index in [0.29, 0.717) is 5.69 Å². The van der Waals surface area contributed by atoms with Crippen LogP contribution in [0.3, 0.4) is 0 Å². The van der Waals surface area contributed by atoms with Crippen LogP contribution in [0.5, 0.6) is 0 Å². The van der Waals surface area contributed by atoms with Gasteiger partial charge in [0.25, 0.3) is 11.6 Å². The van der Waals surface area contributed by atoms with Crippen molar-refractivity contribution in [2.75, 3.05) is 11.9 Å². The Balaban J connectivity index is 1.61. The summed E-state index contributed by atoms with van der Waals surface area (Å²) in [5.74, 6) is -1.37. The maximum absolute atomic E-state index is 12.1. The van der Waals surface area contributed by atoms with Gasteiger partial charge in [-0.1, -0.05) is 0 Å². The Labute approximate surface area is 165 Å². The molecule has 1 heterocycles. The number of amides is 1. The maximum Gasteiger partial charge on any atom is 0.338 e. The minimum Gasteiger partial charge on any atom is -0.452 e. The highest BCUT2D eigenvalue weighted by Crippen LogP contribution is 2.27. The van der Waals surface area contributed by atoms with E-state index in [9.17, 15) is 19.7 Å². The molecule has 0 radical (unpaired) electrons. The van der Waals surface area contributed by atoms with E-state index < -0.39 is 23.4 Å². The van der Waals surface area contributed by atoms with E-state index in [2.05, 4.69) is 15.4 Å². The molecule has 2 aromatic carbocycles. The Morgan fingerprint density at radius 2 is 1.86 bits per heavy atom. The first-order chi connectivity index (χ1) is 13.8. The van der Waals surface area contributed by atoms with Gasteiger partial charge in [0.05, 0.1) is 16.2 Å². The second-order valence-corrected chi connectivity index (χ2v) is 6.22. The first-order valence-electron chi connectivity index (χ1n) is 8.53. The molecular weight excluding hydrogens is 378 g/mol. The number of hydrogen-bond donors (Lipinski definition) is 1. The third-order valence-corrected chi connectivity index (χ3v) is 4.20. The van der Waals surface area contributed by atoms with E-state index in [1.165, 1.54) is 41.6 Å². The normalized spacial score (nSPS) is 10.4. The molecule has 1 N–H and O–H groups in total. The first kappa shape index (κ1) is 19.7. The Morgan fingerprint density at radius 3 is 2.48 bits per heavy atom. The molecule has 0 aliphatic heterocycles. The average molecular weight is 395 g/mol. The first-order valence-corrected chi connectivity index (χ1v) is 8.53. The number of rotatable bonds is 6. The molecule has 3 aromatic rings. The number of esters is 1. The van der Waals surface area contributed by atoms with Crippen LogP contribution in [-0.2, 0) is 9.53 Å². The number of hydrogen-bond acceptors (Lipinski definition) is 7. The standard InChI is InChI=1S/C19H17N5O5/c1-12-7-16(17(24(27)28)8-13(12)2)22-18(25)9-29-19(26)14-3-5-15(6-4-14)23-11-20-10-21-23/h3-8,10-11H,9H2,1-2H3,(H,22,25). The summed E-state index contributed by atoms with van der Waals surface area (Å²) in [5, 5.41) is 17.6. The quantitative estimate of drug-likeness (QED) is 0.386. The number of aromatic nitrogens is 3. The zero-order chi connectivity index (χ0) is 21.0. The lowest BCUT2D eigenvalue weighted by Gasteiger charge is -2.09. The third kappa shape index (κ3) is 4.61. The molecule has 0 aliphatic rings. The summed E-state index contributed by atoms with van der Waals surface area (Å²) >= 11 is 0. The predicted octanol–water partition coefficient (Wildman–Crippen LogP) is 2.59. The van der Waals surface area contributed by atoms with Crippen molar-refractivity contribution in [2.24, 2.45) is 0 Å². The maximum atomic E-state index is 12.1. The molecule has 10 nitrogen and oxygen atoms in total. The van der Waals surface area contributed by atoms with Gasteiger partial charge < -0.3 is 10.1 Å². The van der Waals surface area contributed by atoms with Gasteiger partial charge in [-0.25, -0.2) is 14.5 Å². The zero-order valence-corrected chi connectivity index (χ0v) is 15.7. The molecule has 29 heavy (non-hydrogen) atoms. The van der Waals surface area contributed by atoms with Crippen molar-refractivity contribution in [3.63, 3.8) is 0 Å². The minimum atomic E-state index is -0.695. The van der Waals surface area contributed by atoms with Crippen molar-refractivity contribution in [1.82, 2.24) is 14.8 Å². The summed E-state index contributed by atoms with van der Waals surface area (Å²) < 4.78 is 6.52. The zero-order valence-electron chi connectivity index (χ0n) is 15.7. The number of nitrogens with zero attached hydrogens (tertiary/aromatic N) is 4. The van der Waals surface area contributed by atoms with Gasteiger partial charge in [0.2, 0.25) is 0 Å². The molecule has 0 saturated heterocycles. The van der Waals surface area contributed by atoms with E-state index in [4.69, 9.17) is 4.74 Å². The van der Waals surface area contributed by atoms with Crippen LogP contribution in [0.2, 0.25) is 0 Å². The molecule has 1 amide bonds. The highest BCUT2D eigenvalue weighted by molar-refractivity contribution is 5.97. The van der Waals surface area contributed by atoms with Crippen molar-refractivity contribution in [2.45, 2.75) is 13.8 Å². The van der Waals surface area contributed by atoms with Crippen molar-refractivity contribution < 1.29 is 19.2 Å². The highest BCUT2D eigenvalue weighted by Gasteiger charge is 2.18. The number of carbonyl (C=O) groups is 2. The second kappa shape index (κ2) is 8.30. The summed E-state index contributed by atoms with van der Waals surface area (Å²) in [5.41, 5.74) is 2.30. The number of ether oxygens (including phenoxy) is 1. The molecule has 0 fully saturated rings. The van der Waals surface area contributed by atoms with Crippen LogP contribution < -0.4 is 5.32 Å². The summed E-state index contributed by atoms with van der Waals surface area (Å²) in [6, 6.07) is 9.27. The SMILES string of the molecule is Cc1cc(NC(=O)COC(=O)c2ccc(-n3cncn3)cc2)c([N+](=O)[O-])cc1C. The Morgan fingerprint density at radius 1 is 1.17 bits per heavy atom. The van der Waals surface area contributed by atoms with Crippen LogP contribution >= 0.6 is 0 Å². The van der Waals surface area contributed by atoms with Gasteiger partial charge >= 0.3 is 5.97 Å². The highest BCUT2D eigenvalue weighted by atomic mass is 16.6. The number of nitro benzene ring substituents is 1. The van der Waals surface area contributed by atoms with Crippen LogP contribution in [0.1, 0.15) is 21.5 Å². The molecule has 0 unspecified atom stereocenters. The van der Waals surface area contributed by atoms with E-state index >= 15 is 0 Å². The van der Waals surface area contributed by atoms with Crippen molar-refractivity contribution in [1.29, 1.82) is 0 Å². The molecule has 0 aliphatic carbocycles. The average Bonchev–Trinajstić information content (AvgIpc) is 3.23. The molecule has 0 atom stereocenters. The van der Waals surface area contributed by atoms with Crippen LogP contribution in [0.4, 0.5) is 11.4 Å². The summed E-state index contributed by atoms with van der Waals surface area (Å²) in [6.45, 7) is 2.94. The lowest BCUT2D eigenvalue weighted by Crippen LogP contribution is -2.21. The Bertz CT molecular complexity index is 1060. The van der Waals surface area contributed by atoms with E-state index in [-0.39, 0.29) is 16.9 Å². The fraction of sp³-hybridized carbons (Fsp3) is 0.158. The number of carbonyl (C=O) groups excluding carboxylic acids is 2. The largest absolute Gasteiger partial charge is 0.452 e. The number of aryl methyl sites for hydroxylation is 2. The van der Waals surface area contributed by atoms with Gasteiger partial charge in [0.1, 0.15) is 18.3 Å². The van der Waals surface area contributed by atoms with Crippen molar-refractivity contribution in [3.05, 3.63) is 75.9 Å². The Hall–Kier alpha value is -4.08. The summed E-state index contributed by atoms with van der Waals surface area (Å²) in [7, 11) is 0. The number of nitrogens with one attached hydrogen (secondary N) is 1. The van der Waals surface area contributed by atoms with E-state index in [0.717, 1.165) is 11.1 Å². The number of nitro groups is 1. The minimum absolute atomic E-state index is 0.0522. The molecule has 0 spiro atoms. The van der Waals surface area contributed by atoms with Crippen LogP contribution in [0.15, 0.2) is 49.1 Å². The van der Waals surface area contributed by atoms with Crippen LogP contribution in [0, 0.1) is 24.0 Å². The van der Waals surface area contributed by atoms with Gasteiger partial charge in [0, 0.05) is 6.07 Å². The molecule has 148 valence electrons. The van der Waals surface area contributed by atoms with Crippen LogP contribution in [0.25, 0.3) is 5.69 Å². The predicted molar refractivity (Wildman–Crippen MR) is 103 cm³/mol. The monoisotopic (exact) mass is 395 g/mol. The number of anilines is 1. The fourth-order valence-electron chi connectivity index (χ4n) is 2.54. The van der Waals surface area contributed by atoms with Crippen molar-refractivity contribution in [3.8, 4) is 5.69 Å². The van der Waals surface area contributed by atoms with E-state index in [1.54, 1.807) is 26.0 Å². The third-order valence-electron chi connectivity index (χ3n) is 4.20. The van der Waals surface area contributed by atoms with Gasteiger partial charge in [-0.05, 0) is 55.3 Å². The van der Waals surface area contributed by atoms with Crippen LogP contribution in [-0.4, -0.2) is 38.2 Å². The fourth-order valence-corrected chi connectivity index (χ4v) is 2.54. The lowest BCUT2D eigenvalue weighted by molar-refractivity contribution is -0.384.